The molecule has 4 nitrogen and oxygen atoms in total. The molecule has 31 heavy (non-hydrogen) atoms. The number of nitrogens with zero attached hydrogens (tertiary/aromatic N) is 1. The van der Waals surface area contributed by atoms with Gasteiger partial charge in [-0.25, -0.2) is 9.29 Å². The molecule has 0 atom stereocenters. The molecule has 156 valence electrons. The predicted molar refractivity (Wildman–Crippen MR) is 121 cm³/mol. The summed E-state index contributed by atoms with van der Waals surface area (Å²) in [7, 11) is 0. The van der Waals surface area contributed by atoms with E-state index >= 15 is 0 Å². The van der Waals surface area contributed by atoms with Gasteiger partial charge >= 0.3 is 0 Å². The number of anilines is 2. The minimum Gasteiger partial charge on any atom is -0.350 e. The van der Waals surface area contributed by atoms with Gasteiger partial charge in [0.15, 0.2) is 0 Å². The fourth-order valence-electron chi connectivity index (χ4n) is 3.63. The zero-order valence-corrected chi connectivity index (χ0v) is 17.9. The molecule has 0 saturated carbocycles. The Labute approximate surface area is 181 Å². The number of imide groups is 1. The number of halogens is 1. The summed E-state index contributed by atoms with van der Waals surface area (Å²) < 4.78 is 14.5. The summed E-state index contributed by atoms with van der Waals surface area (Å²) in [6, 6.07) is 17.1. The maximum atomic E-state index is 14.5. The van der Waals surface area contributed by atoms with Gasteiger partial charge in [0, 0.05) is 5.69 Å². The van der Waals surface area contributed by atoms with Crippen molar-refractivity contribution in [1.29, 1.82) is 0 Å². The number of carbonyl (C=O) groups is 2. The van der Waals surface area contributed by atoms with Gasteiger partial charge in [0.1, 0.15) is 11.5 Å². The molecule has 3 aromatic rings. The summed E-state index contributed by atoms with van der Waals surface area (Å²) in [5.74, 6) is -1.76. The van der Waals surface area contributed by atoms with Gasteiger partial charge in [-0.3, -0.25) is 9.59 Å². The quantitative estimate of drug-likeness (QED) is 0.577. The molecule has 5 heteroatoms. The number of rotatable bonds is 4. The maximum absolute atomic E-state index is 14.5. The molecule has 3 aromatic carbocycles. The number of aryl methyl sites for hydroxylation is 4. The summed E-state index contributed by atoms with van der Waals surface area (Å²) in [5, 5.41) is 3.14. The Hall–Kier alpha value is -3.73. The van der Waals surface area contributed by atoms with Crippen LogP contribution in [0.4, 0.5) is 15.8 Å². The van der Waals surface area contributed by atoms with E-state index in [4.69, 9.17) is 0 Å². The van der Waals surface area contributed by atoms with Crippen LogP contribution in [0.3, 0.4) is 0 Å². The first kappa shape index (κ1) is 20.5. The molecule has 1 heterocycles. The lowest BCUT2D eigenvalue weighted by atomic mass is 9.99. The summed E-state index contributed by atoms with van der Waals surface area (Å²) in [4.78, 5) is 27.7. The molecule has 0 fully saturated rings. The van der Waals surface area contributed by atoms with E-state index in [1.807, 2.05) is 64.1 Å². The second kappa shape index (κ2) is 7.84. The van der Waals surface area contributed by atoms with Crippen molar-refractivity contribution in [3.05, 3.63) is 100.0 Å². The number of benzene rings is 3. The Kier molecular flexibility index (Phi) is 5.19. The zero-order valence-electron chi connectivity index (χ0n) is 17.9. The fourth-order valence-corrected chi connectivity index (χ4v) is 3.63. The van der Waals surface area contributed by atoms with Crippen LogP contribution in [-0.2, 0) is 9.59 Å². The van der Waals surface area contributed by atoms with Gasteiger partial charge in [-0.2, -0.15) is 0 Å². The first-order valence-electron chi connectivity index (χ1n) is 10.1. The summed E-state index contributed by atoms with van der Waals surface area (Å²) in [6.45, 7) is 7.91. The maximum Gasteiger partial charge on any atom is 0.282 e. The molecule has 0 spiro atoms. The van der Waals surface area contributed by atoms with Crippen LogP contribution < -0.4 is 10.2 Å². The van der Waals surface area contributed by atoms with Crippen LogP contribution >= 0.6 is 0 Å². The topological polar surface area (TPSA) is 49.4 Å². The van der Waals surface area contributed by atoms with E-state index < -0.39 is 17.6 Å². The standard InChI is InChI=1S/C26H23FN2O2/c1-15-9-11-19(13-17(15)3)23-24(28-20-12-10-16(2)18(4)14-20)26(31)29(25(23)30)22-8-6-5-7-21(22)27/h5-14,28H,1-4H3. The average Bonchev–Trinajstić information content (AvgIpc) is 2.97. The Morgan fingerprint density at radius 3 is 2.03 bits per heavy atom. The van der Waals surface area contributed by atoms with E-state index in [0.29, 0.717) is 11.3 Å². The smallest absolute Gasteiger partial charge is 0.282 e. The highest BCUT2D eigenvalue weighted by molar-refractivity contribution is 6.46. The first-order chi connectivity index (χ1) is 14.8. The lowest BCUT2D eigenvalue weighted by Crippen LogP contribution is -2.33. The van der Waals surface area contributed by atoms with E-state index in [1.165, 1.54) is 18.2 Å². The van der Waals surface area contributed by atoms with Crippen molar-refractivity contribution in [2.75, 3.05) is 10.2 Å². The third-order valence-electron chi connectivity index (χ3n) is 5.75. The van der Waals surface area contributed by atoms with Crippen LogP contribution in [0, 0.1) is 33.5 Å². The van der Waals surface area contributed by atoms with Crippen LogP contribution in [-0.4, -0.2) is 11.8 Å². The molecule has 1 aliphatic rings. The van der Waals surface area contributed by atoms with Gasteiger partial charge in [0.2, 0.25) is 0 Å². The summed E-state index contributed by atoms with van der Waals surface area (Å²) >= 11 is 0. The van der Waals surface area contributed by atoms with Crippen molar-refractivity contribution in [2.45, 2.75) is 27.7 Å². The molecule has 0 unspecified atom stereocenters. The van der Waals surface area contributed by atoms with Crippen LogP contribution in [0.2, 0.25) is 0 Å². The van der Waals surface area contributed by atoms with E-state index in [2.05, 4.69) is 5.32 Å². The largest absolute Gasteiger partial charge is 0.350 e. The van der Waals surface area contributed by atoms with Crippen molar-refractivity contribution in [3.63, 3.8) is 0 Å². The second-order valence-corrected chi connectivity index (χ2v) is 7.87. The van der Waals surface area contributed by atoms with E-state index in [1.54, 1.807) is 6.07 Å². The normalized spacial score (nSPS) is 13.9. The minimum absolute atomic E-state index is 0.0595. The monoisotopic (exact) mass is 414 g/mol. The number of nitrogens with one attached hydrogen (secondary N) is 1. The van der Waals surface area contributed by atoms with Crippen LogP contribution in [0.1, 0.15) is 27.8 Å². The Morgan fingerprint density at radius 1 is 0.742 bits per heavy atom. The van der Waals surface area contributed by atoms with Crippen molar-refractivity contribution >= 4 is 28.8 Å². The van der Waals surface area contributed by atoms with Crippen LogP contribution in [0.15, 0.2) is 66.4 Å². The molecule has 0 aliphatic carbocycles. The first-order valence-corrected chi connectivity index (χ1v) is 10.1. The van der Waals surface area contributed by atoms with Gasteiger partial charge in [-0.15, -0.1) is 0 Å². The zero-order chi connectivity index (χ0) is 22.3. The molecule has 0 aromatic heterocycles. The highest BCUT2D eigenvalue weighted by Gasteiger charge is 2.41. The average molecular weight is 414 g/mol. The fraction of sp³-hybridized carbons (Fsp3) is 0.154. The number of carbonyl (C=O) groups excluding carboxylic acids is 2. The molecule has 1 N–H and O–H groups in total. The second-order valence-electron chi connectivity index (χ2n) is 7.87. The molecule has 2 amide bonds. The molecule has 1 aliphatic heterocycles. The number of hydrogen-bond donors (Lipinski definition) is 1. The third kappa shape index (κ3) is 3.63. The third-order valence-corrected chi connectivity index (χ3v) is 5.75. The summed E-state index contributed by atoms with van der Waals surface area (Å²) in [6.07, 6.45) is 0. The van der Waals surface area contributed by atoms with Crippen molar-refractivity contribution < 1.29 is 14.0 Å². The van der Waals surface area contributed by atoms with E-state index in [0.717, 1.165) is 27.2 Å². The molecular formula is C26H23FN2O2. The number of hydrogen-bond acceptors (Lipinski definition) is 3. The Bertz CT molecular complexity index is 1260. The van der Waals surface area contributed by atoms with Crippen LogP contribution in [0.25, 0.3) is 5.57 Å². The van der Waals surface area contributed by atoms with Crippen molar-refractivity contribution in [2.24, 2.45) is 0 Å². The van der Waals surface area contributed by atoms with Crippen molar-refractivity contribution in [1.82, 2.24) is 0 Å². The van der Waals surface area contributed by atoms with Gasteiger partial charge in [-0.1, -0.05) is 36.4 Å². The molecule has 4 rings (SSSR count). The molecule has 0 bridgehead atoms. The van der Waals surface area contributed by atoms with Gasteiger partial charge < -0.3 is 5.32 Å². The van der Waals surface area contributed by atoms with Gasteiger partial charge in [-0.05, 0) is 79.8 Å². The summed E-state index contributed by atoms with van der Waals surface area (Å²) in [5.41, 5.74) is 5.88. The highest BCUT2D eigenvalue weighted by atomic mass is 19.1. The number of amides is 2. The molecular weight excluding hydrogens is 391 g/mol. The molecule has 0 saturated heterocycles. The SMILES string of the molecule is Cc1ccc(NC2=C(c3ccc(C)c(C)c3)C(=O)N(c3ccccc3F)C2=O)cc1C. The number of para-hydroxylation sites is 1. The van der Waals surface area contributed by atoms with Gasteiger partial charge in [0.05, 0.1) is 11.3 Å². The highest BCUT2D eigenvalue weighted by Crippen LogP contribution is 2.35. The minimum atomic E-state index is -0.629. The lowest BCUT2D eigenvalue weighted by molar-refractivity contribution is -0.120. The molecule has 0 radical (unpaired) electrons. The lowest BCUT2D eigenvalue weighted by Gasteiger charge is -2.16. The Balaban J connectivity index is 1.87. The van der Waals surface area contributed by atoms with Crippen LogP contribution in [0.5, 0.6) is 0 Å². The predicted octanol–water partition coefficient (Wildman–Crippen LogP) is 5.46. The van der Waals surface area contributed by atoms with E-state index in [9.17, 15) is 14.0 Å². The van der Waals surface area contributed by atoms with Crippen molar-refractivity contribution in [3.8, 4) is 0 Å². The van der Waals surface area contributed by atoms with Gasteiger partial charge in [0.25, 0.3) is 11.8 Å². The van der Waals surface area contributed by atoms with E-state index in [-0.39, 0.29) is 17.0 Å². The Morgan fingerprint density at radius 2 is 1.39 bits per heavy atom.